The number of halogens is 4. The molecule has 0 spiro atoms. The summed E-state index contributed by atoms with van der Waals surface area (Å²) >= 11 is 8.05. The van der Waals surface area contributed by atoms with E-state index in [2.05, 4.69) is 60.4 Å². The van der Waals surface area contributed by atoms with Crippen molar-refractivity contribution >= 4 is 175 Å². The summed E-state index contributed by atoms with van der Waals surface area (Å²) < 4.78 is 158. The van der Waals surface area contributed by atoms with E-state index in [1.807, 2.05) is 122 Å². The molecule has 7 N–H and O–H groups in total. The Morgan fingerprint density at radius 2 is 0.841 bits per heavy atom. The molecular weight excluding hydrogens is 1880 g/mol. The van der Waals surface area contributed by atoms with Crippen molar-refractivity contribution in [2.24, 2.45) is 0 Å². The first-order chi connectivity index (χ1) is 66.4. The molecule has 11 aromatic carbocycles. The van der Waals surface area contributed by atoms with E-state index in [1.165, 1.54) is 70.2 Å². The van der Waals surface area contributed by atoms with Gasteiger partial charge in [-0.1, -0.05) is 84.4 Å². The summed E-state index contributed by atoms with van der Waals surface area (Å²) in [5.74, 6) is -3.56. The van der Waals surface area contributed by atoms with Gasteiger partial charge in [-0.3, -0.25) is 51.4 Å². The molecule has 4 aliphatic rings. The number of nitrogens with zero attached hydrogens (tertiary/aromatic N) is 10. The Labute approximate surface area is 802 Å². The number of para-hydroxylation sites is 1. The molecule has 5 aromatic heterocycles. The van der Waals surface area contributed by atoms with Crippen molar-refractivity contribution < 1.29 is 66.0 Å². The van der Waals surface area contributed by atoms with Crippen molar-refractivity contribution in [3.8, 4) is 45.2 Å². The molecule has 138 heavy (non-hydrogen) atoms. The van der Waals surface area contributed by atoms with Gasteiger partial charge in [0, 0.05) is 174 Å². The zero-order valence-electron chi connectivity index (χ0n) is 74.0. The predicted molar refractivity (Wildman–Crippen MR) is 536 cm³/mol. The smallest absolute Gasteiger partial charge is 0.303 e. The lowest BCUT2D eigenvalue weighted by Gasteiger charge is -2.34. The lowest BCUT2D eigenvalue weighted by Crippen LogP contribution is -2.48. The second kappa shape index (κ2) is 40.8. The summed E-state index contributed by atoms with van der Waals surface area (Å²) in [7, 11) is -12.7. The van der Waals surface area contributed by atoms with Crippen LogP contribution in [0.5, 0.6) is 0 Å². The van der Waals surface area contributed by atoms with E-state index in [4.69, 9.17) is 11.6 Å². The van der Waals surface area contributed by atoms with Gasteiger partial charge in [0.25, 0.3) is 23.6 Å². The third-order valence-corrected chi connectivity index (χ3v) is 31.1. The monoisotopic (exact) mass is 1970 g/mol. The molecule has 4 aliphatic heterocycles. The number of nitrogens with one attached hydrogen (secondary N) is 7. The molecule has 20 rings (SSSR count). The number of hydrogen-bond donors (Lipinski definition) is 7. The first kappa shape index (κ1) is 95.2. The van der Waals surface area contributed by atoms with E-state index in [1.54, 1.807) is 140 Å². The fourth-order valence-electron chi connectivity index (χ4n) is 16.2. The zero-order chi connectivity index (χ0) is 96.7. The molecule has 38 heteroatoms. The molecule has 4 amide bonds. The van der Waals surface area contributed by atoms with Crippen LogP contribution in [0.1, 0.15) is 78.2 Å². The summed E-state index contributed by atoms with van der Waals surface area (Å²) in [6, 6.07) is 71.6. The number of thiophene rings is 1. The van der Waals surface area contributed by atoms with Gasteiger partial charge in [0.05, 0.1) is 55.1 Å². The van der Waals surface area contributed by atoms with Crippen LogP contribution in [-0.2, 0) is 40.8 Å². The van der Waals surface area contributed by atoms with Crippen molar-refractivity contribution in [3.63, 3.8) is 0 Å². The zero-order valence-corrected chi connectivity index (χ0v) is 78.9. The molecule has 0 radical (unpaired) electrons. The Kier molecular flexibility index (Phi) is 28.2. The fraction of sp³-hybridized carbons (Fsp3) is 0.150. The molecule has 0 unspecified atom stereocenters. The van der Waals surface area contributed by atoms with Crippen molar-refractivity contribution in [1.29, 1.82) is 0 Å². The number of anilines is 8. The van der Waals surface area contributed by atoms with Crippen molar-refractivity contribution in [2.45, 2.75) is 39.5 Å². The number of benzene rings is 11. The van der Waals surface area contributed by atoms with Gasteiger partial charge in [0.15, 0.2) is 17.5 Å². The molecule has 9 heterocycles. The number of fused-ring (bicyclic) bond motifs is 4. The average molecular weight is 1970 g/mol. The standard InChI is InChI=1S/C27H27N5O3S.C25H20F2N4O3S.C25H21FN4O3S.C23H19ClN4O3S2/c1-18-9-10-21(16-24(18)26-28-17-20-7-4-5-8-25(20)30-26)29-27(33)23-12-11-22(15-19(23)2)32-14-6-13-31(3)36(32,34)35;26-22-15-18(14-21(23(22)27)24-20-5-2-1-4-16(20)10-12-28-24)30-25(32)17-6-8-19(9-7-17)31-13-3-11-29-35(31,33)34;26-23-11-8-19(16-22(23)24-21-5-2-1-4-17(21)12-14-27-24)29-25(31)18-6-9-20(10-7-18)30-15-3-13-28-34(30,32)33;24-20-7-4-17(14-19(20)21-22-15(8-11-25-21)9-13-32-22)27-23(29)16-2-5-18(6-3-16)28-12-1-10-26-33(28,30)31/h4-5,7-12,15-17H,6,13-14H2,1-3H3,(H,29,33);1-2,4-10,12,14-15,29H,3,11,13H2,(H,30,32);1-2,4-12,14,16,28H,3,13,15H2,(H,29,31);2-9,11,13-14,26H,1,10,12H2,(H,27,29). The van der Waals surface area contributed by atoms with Crippen molar-refractivity contribution in [1.82, 2.24) is 43.4 Å². The van der Waals surface area contributed by atoms with Crippen LogP contribution in [0.2, 0.25) is 5.02 Å². The average Bonchev–Trinajstić information content (AvgIpc) is 1.10. The van der Waals surface area contributed by atoms with E-state index >= 15 is 0 Å². The van der Waals surface area contributed by atoms with Crippen molar-refractivity contribution in [3.05, 3.63) is 341 Å². The van der Waals surface area contributed by atoms with Crippen LogP contribution in [-0.4, -0.2) is 146 Å². The van der Waals surface area contributed by atoms with Gasteiger partial charge < -0.3 is 21.3 Å². The number of hydrogen-bond acceptors (Lipinski definition) is 18. The van der Waals surface area contributed by atoms with Gasteiger partial charge in [-0.15, -0.1) is 11.3 Å². The van der Waals surface area contributed by atoms with Gasteiger partial charge in [-0.05, 0) is 248 Å². The molecule has 0 atom stereocenters. The first-order valence-electron chi connectivity index (χ1n) is 43.6. The highest BCUT2D eigenvalue weighted by Gasteiger charge is 2.34. The van der Waals surface area contributed by atoms with E-state index in [0.29, 0.717) is 156 Å². The Balaban J connectivity index is 0.000000127. The highest BCUT2D eigenvalue weighted by Crippen LogP contribution is 2.40. The number of aryl methyl sites for hydroxylation is 2. The van der Waals surface area contributed by atoms with Crippen LogP contribution in [0.15, 0.2) is 285 Å². The third-order valence-electron chi connectivity index (χ3n) is 23.3. The van der Waals surface area contributed by atoms with E-state index in [-0.39, 0.29) is 39.9 Å². The number of aromatic nitrogens is 5. The molecule has 702 valence electrons. The quantitative estimate of drug-likeness (QED) is 0.0472. The Bertz CT molecular complexity index is 7910. The van der Waals surface area contributed by atoms with Gasteiger partial charge in [-0.2, -0.15) is 52.1 Å². The van der Waals surface area contributed by atoms with Crippen LogP contribution in [0.25, 0.3) is 87.7 Å². The summed E-state index contributed by atoms with van der Waals surface area (Å²) in [5.41, 5.74) is 11.0. The van der Waals surface area contributed by atoms with E-state index in [9.17, 15) is 66.0 Å². The lowest BCUT2D eigenvalue weighted by molar-refractivity contribution is 0.101. The highest BCUT2D eigenvalue weighted by atomic mass is 35.5. The number of pyridine rings is 3. The third kappa shape index (κ3) is 21.0. The SMILES string of the molecule is Cc1cc(N2CCCN(C)S2(=O)=O)ccc1C(=O)Nc1ccc(C)c(-c2ncc3ccccc3n2)c1.O=C(Nc1cc(F)c(F)c(-c2nccc3ccccc23)c1)c1ccc(N2CCCNS2(=O)=O)cc1.O=C(Nc1ccc(Cl)c(-c2nccc3ccsc23)c1)c1ccc(N2CCCNS2(=O)=O)cc1.O=C(Nc1ccc(F)c(-c2nccc3ccccc23)c1)c1ccc(N2CCCNS2(=O)=O)cc1. The minimum absolute atomic E-state index is 0.0607. The van der Waals surface area contributed by atoms with Gasteiger partial charge in [0.2, 0.25) is 0 Å². The number of amides is 4. The molecular formula is C100H87ClF3N17O12S5. The molecule has 0 bridgehead atoms. The summed E-state index contributed by atoms with van der Waals surface area (Å²) in [4.78, 5) is 73.9. The minimum Gasteiger partial charge on any atom is -0.322 e. The summed E-state index contributed by atoms with van der Waals surface area (Å²) in [6.45, 7) is 7.04. The van der Waals surface area contributed by atoms with Gasteiger partial charge in [-0.25, -0.2) is 23.1 Å². The van der Waals surface area contributed by atoms with Crippen molar-refractivity contribution in [2.75, 3.05) is 97.9 Å². The van der Waals surface area contributed by atoms with Crippen LogP contribution in [0.4, 0.5) is 58.7 Å². The molecule has 4 saturated heterocycles. The minimum atomic E-state index is -3.61. The number of carbonyl (C=O) groups excluding carboxylic acids is 4. The summed E-state index contributed by atoms with van der Waals surface area (Å²) in [5, 5.41) is 19.0. The second-order valence-corrected chi connectivity index (χ2v) is 40.8. The first-order valence-corrected chi connectivity index (χ1v) is 50.5. The largest absolute Gasteiger partial charge is 0.322 e. The predicted octanol–water partition coefficient (Wildman–Crippen LogP) is 18.3. The van der Waals surface area contributed by atoms with Gasteiger partial charge >= 0.3 is 40.8 Å². The van der Waals surface area contributed by atoms with Crippen LogP contribution in [0, 0.1) is 31.3 Å². The number of carbonyl (C=O) groups is 4. The lowest BCUT2D eigenvalue weighted by atomic mass is 10.0. The second-order valence-electron chi connectivity index (χ2n) is 32.4. The van der Waals surface area contributed by atoms with Crippen LogP contribution in [0.3, 0.4) is 0 Å². The topological polar surface area (TPSA) is 370 Å². The molecule has 0 saturated carbocycles. The fourth-order valence-corrected chi connectivity index (χ4v) is 22.7. The van der Waals surface area contributed by atoms with Crippen LogP contribution < -0.4 is 52.7 Å². The molecule has 16 aromatic rings. The summed E-state index contributed by atoms with van der Waals surface area (Å²) in [6.07, 6.45) is 9.49. The molecule has 29 nitrogen and oxygen atoms in total. The van der Waals surface area contributed by atoms with Gasteiger partial charge in [0.1, 0.15) is 5.82 Å². The maximum atomic E-state index is 14.8. The van der Waals surface area contributed by atoms with E-state index < -0.39 is 70.1 Å². The Hall–Kier alpha value is -14.5. The maximum Gasteiger partial charge on any atom is 0.303 e. The van der Waals surface area contributed by atoms with E-state index in [0.717, 1.165) is 72.0 Å². The molecule has 4 fully saturated rings. The Morgan fingerprint density at radius 1 is 0.391 bits per heavy atom. The normalized spacial score (nSPS) is 15.4. The number of rotatable bonds is 16. The van der Waals surface area contributed by atoms with Crippen LogP contribution >= 0.6 is 22.9 Å². The highest BCUT2D eigenvalue weighted by molar-refractivity contribution is 7.91. The molecule has 0 aliphatic carbocycles. The Morgan fingerprint density at radius 3 is 1.38 bits per heavy atom. The maximum absolute atomic E-state index is 14.8.